The molecule has 11 heavy (non-hydrogen) atoms. The molecule has 0 bridgehead atoms. The van der Waals surface area contributed by atoms with E-state index in [2.05, 4.69) is 0 Å². The molecule has 0 spiro atoms. The van der Waals surface area contributed by atoms with E-state index in [9.17, 15) is 9.50 Å². The molecular weight excluding hydrogens is 143 g/mol. The molecule has 0 saturated heterocycles. The Morgan fingerprint density at radius 2 is 2.27 bits per heavy atom. The summed E-state index contributed by atoms with van der Waals surface area (Å²) in [5, 5.41) is 9.51. The lowest BCUT2D eigenvalue weighted by molar-refractivity contribution is 0.0283. The van der Waals surface area contributed by atoms with Gasteiger partial charge in [-0.05, 0) is 18.6 Å². The molecule has 58 valence electrons. The molecule has 0 amide bonds. The van der Waals surface area contributed by atoms with Gasteiger partial charge in [-0.25, -0.2) is 4.39 Å². The van der Waals surface area contributed by atoms with E-state index < -0.39 is 5.60 Å². The van der Waals surface area contributed by atoms with Gasteiger partial charge in [0.2, 0.25) is 0 Å². The van der Waals surface area contributed by atoms with Gasteiger partial charge in [0, 0.05) is 12.0 Å². The number of hydrogen-bond acceptors (Lipinski definition) is 1. The van der Waals surface area contributed by atoms with Crippen molar-refractivity contribution in [3.05, 3.63) is 35.1 Å². The second-order valence-electron chi connectivity index (χ2n) is 3.22. The fourth-order valence-electron chi connectivity index (χ4n) is 1.67. The Labute approximate surface area is 64.5 Å². The number of rotatable bonds is 0. The molecule has 1 nitrogen and oxygen atoms in total. The lowest BCUT2D eigenvalue weighted by atomic mass is 9.74. The van der Waals surface area contributed by atoms with Gasteiger partial charge in [0.15, 0.2) is 0 Å². The Bertz CT molecular complexity index is 290. The number of benzene rings is 1. The third-order valence-electron chi connectivity index (χ3n) is 2.17. The predicted octanol–water partition coefficient (Wildman–Crippen LogP) is 1.59. The lowest BCUT2D eigenvalue weighted by Crippen LogP contribution is -2.36. The summed E-state index contributed by atoms with van der Waals surface area (Å²) >= 11 is 0. The van der Waals surface area contributed by atoms with Gasteiger partial charge in [-0.3, -0.25) is 0 Å². The Balaban J connectivity index is 2.60. The highest BCUT2D eigenvalue weighted by Crippen LogP contribution is 2.39. The van der Waals surface area contributed by atoms with Crippen LogP contribution in [0.25, 0.3) is 0 Å². The van der Waals surface area contributed by atoms with Crippen LogP contribution in [0.4, 0.5) is 4.39 Å². The molecule has 2 rings (SSSR count). The summed E-state index contributed by atoms with van der Waals surface area (Å²) in [7, 11) is 0. The van der Waals surface area contributed by atoms with E-state index in [4.69, 9.17) is 0 Å². The van der Waals surface area contributed by atoms with E-state index >= 15 is 0 Å². The van der Waals surface area contributed by atoms with Crippen molar-refractivity contribution in [1.82, 2.24) is 0 Å². The quantitative estimate of drug-likeness (QED) is 0.598. The smallest absolute Gasteiger partial charge is 0.129 e. The molecule has 0 fully saturated rings. The van der Waals surface area contributed by atoms with Crippen molar-refractivity contribution in [1.29, 1.82) is 0 Å². The predicted molar refractivity (Wildman–Crippen MR) is 39.7 cm³/mol. The molecule has 0 saturated carbocycles. The fourth-order valence-corrected chi connectivity index (χ4v) is 1.67. The summed E-state index contributed by atoms with van der Waals surface area (Å²) < 4.78 is 13.0. The highest BCUT2D eigenvalue weighted by atomic mass is 19.1. The highest BCUT2D eigenvalue weighted by Gasteiger charge is 2.38. The van der Waals surface area contributed by atoms with Gasteiger partial charge in [-0.15, -0.1) is 0 Å². The summed E-state index contributed by atoms with van der Waals surface area (Å²) in [5.74, 6) is -0.293. The van der Waals surface area contributed by atoms with Crippen LogP contribution in [0, 0.1) is 5.82 Å². The SMILES string of the molecule is CC1(O)Cc2cccc(F)c21. The van der Waals surface area contributed by atoms with Crippen molar-refractivity contribution in [3.63, 3.8) is 0 Å². The minimum Gasteiger partial charge on any atom is -0.385 e. The lowest BCUT2D eigenvalue weighted by Gasteiger charge is -2.36. The van der Waals surface area contributed by atoms with E-state index in [-0.39, 0.29) is 5.82 Å². The average Bonchev–Trinajstić information content (AvgIpc) is 1.84. The van der Waals surface area contributed by atoms with Crippen LogP contribution in [0.1, 0.15) is 18.1 Å². The first-order chi connectivity index (χ1) is 5.11. The number of fused-ring (bicyclic) bond motifs is 1. The molecule has 1 aliphatic carbocycles. The van der Waals surface area contributed by atoms with Gasteiger partial charge in [0.05, 0.1) is 5.60 Å². The largest absolute Gasteiger partial charge is 0.385 e. The topological polar surface area (TPSA) is 20.2 Å². The maximum absolute atomic E-state index is 13.0. The van der Waals surface area contributed by atoms with Gasteiger partial charge >= 0.3 is 0 Å². The molecule has 1 unspecified atom stereocenters. The van der Waals surface area contributed by atoms with Crippen LogP contribution in [0.5, 0.6) is 0 Å². The molecule has 0 heterocycles. The first-order valence-corrected chi connectivity index (χ1v) is 3.61. The van der Waals surface area contributed by atoms with Crippen LogP contribution in [0.3, 0.4) is 0 Å². The molecule has 0 aromatic heterocycles. The summed E-state index contributed by atoms with van der Waals surface area (Å²) in [6.07, 6.45) is 0.570. The van der Waals surface area contributed by atoms with Crippen LogP contribution in [-0.2, 0) is 12.0 Å². The number of halogens is 1. The molecule has 1 atom stereocenters. The van der Waals surface area contributed by atoms with Crippen LogP contribution >= 0.6 is 0 Å². The van der Waals surface area contributed by atoms with Gasteiger partial charge in [-0.2, -0.15) is 0 Å². The molecule has 0 radical (unpaired) electrons. The van der Waals surface area contributed by atoms with Gasteiger partial charge in [0.25, 0.3) is 0 Å². The van der Waals surface area contributed by atoms with Crippen molar-refractivity contribution in [2.45, 2.75) is 18.9 Å². The maximum Gasteiger partial charge on any atom is 0.129 e. The zero-order chi connectivity index (χ0) is 8.06. The van der Waals surface area contributed by atoms with E-state index in [1.807, 2.05) is 6.07 Å². The zero-order valence-electron chi connectivity index (χ0n) is 6.26. The minimum absolute atomic E-state index is 0.293. The molecule has 1 aromatic carbocycles. The van der Waals surface area contributed by atoms with Crippen LogP contribution < -0.4 is 0 Å². The number of hydrogen-bond donors (Lipinski definition) is 1. The first kappa shape index (κ1) is 6.80. The van der Waals surface area contributed by atoms with Gasteiger partial charge in [-0.1, -0.05) is 12.1 Å². The average molecular weight is 152 g/mol. The van der Waals surface area contributed by atoms with E-state index in [1.165, 1.54) is 6.07 Å². The number of aliphatic hydroxyl groups is 1. The normalized spacial score (nSPS) is 27.5. The second kappa shape index (κ2) is 1.83. The Hall–Kier alpha value is -0.890. The fraction of sp³-hybridized carbons (Fsp3) is 0.333. The monoisotopic (exact) mass is 152 g/mol. The van der Waals surface area contributed by atoms with Crippen molar-refractivity contribution in [3.8, 4) is 0 Å². The Kier molecular flexibility index (Phi) is 1.13. The van der Waals surface area contributed by atoms with Gasteiger partial charge in [0.1, 0.15) is 5.82 Å². The molecule has 2 heteroatoms. The standard InChI is InChI=1S/C9H9FO/c1-9(11)5-6-3-2-4-7(10)8(6)9/h2-4,11H,5H2,1H3. The van der Waals surface area contributed by atoms with Crippen molar-refractivity contribution < 1.29 is 9.50 Å². The second-order valence-corrected chi connectivity index (χ2v) is 3.22. The maximum atomic E-state index is 13.0. The van der Waals surface area contributed by atoms with Crippen molar-refractivity contribution in [2.75, 3.05) is 0 Å². The summed E-state index contributed by atoms with van der Waals surface area (Å²) in [6, 6.07) is 4.90. The van der Waals surface area contributed by atoms with E-state index in [0.717, 1.165) is 5.56 Å². The minimum atomic E-state index is -0.930. The molecule has 0 aliphatic heterocycles. The molecule has 1 N–H and O–H groups in total. The summed E-state index contributed by atoms with van der Waals surface area (Å²) in [5.41, 5.74) is 0.468. The van der Waals surface area contributed by atoms with Crippen LogP contribution in [-0.4, -0.2) is 5.11 Å². The Morgan fingerprint density at radius 3 is 2.73 bits per heavy atom. The third kappa shape index (κ3) is 0.792. The summed E-state index contributed by atoms with van der Waals surface area (Å²) in [4.78, 5) is 0. The molecular formula is C9H9FO. The Morgan fingerprint density at radius 1 is 1.55 bits per heavy atom. The van der Waals surface area contributed by atoms with Crippen LogP contribution in [0.2, 0.25) is 0 Å². The van der Waals surface area contributed by atoms with Crippen molar-refractivity contribution in [2.24, 2.45) is 0 Å². The third-order valence-corrected chi connectivity index (χ3v) is 2.17. The highest BCUT2D eigenvalue weighted by molar-refractivity contribution is 5.42. The zero-order valence-corrected chi connectivity index (χ0v) is 6.26. The first-order valence-electron chi connectivity index (χ1n) is 3.61. The summed E-state index contributed by atoms with van der Waals surface area (Å²) in [6.45, 7) is 1.64. The van der Waals surface area contributed by atoms with Crippen molar-refractivity contribution >= 4 is 0 Å². The van der Waals surface area contributed by atoms with E-state index in [1.54, 1.807) is 13.0 Å². The van der Waals surface area contributed by atoms with Gasteiger partial charge < -0.3 is 5.11 Å². The molecule has 1 aliphatic rings. The van der Waals surface area contributed by atoms with E-state index in [0.29, 0.717) is 12.0 Å². The molecule has 1 aromatic rings. The van der Waals surface area contributed by atoms with Crippen LogP contribution in [0.15, 0.2) is 18.2 Å².